The second-order valence-electron chi connectivity index (χ2n) is 5.50. The van der Waals surface area contributed by atoms with Crippen molar-refractivity contribution in [1.82, 2.24) is 20.3 Å². The molecule has 1 amide bonds. The molecule has 3 rings (SSSR count). The molecule has 7 heteroatoms. The second kappa shape index (κ2) is 6.50. The standard InChI is InChI=1S/C15H18N4O2S/c1-15(4-2-3-5-21-15)14-18-7-11(8-19-14)6-17-13(20)12-9-16-10-22-12/h7-10H,2-6H2,1H3,(H,17,20). The highest BCUT2D eigenvalue weighted by Gasteiger charge is 2.32. The summed E-state index contributed by atoms with van der Waals surface area (Å²) in [5.74, 6) is 0.582. The summed E-state index contributed by atoms with van der Waals surface area (Å²) >= 11 is 1.32. The fourth-order valence-corrected chi connectivity index (χ4v) is 2.96. The molecule has 0 aromatic carbocycles. The molecule has 1 saturated heterocycles. The van der Waals surface area contributed by atoms with Gasteiger partial charge in [0.25, 0.3) is 5.91 Å². The van der Waals surface area contributed by atoms with Gasteiger partial charge in [0.15, 0.2) is 5.82 Å². The van der Waals surface area contributed by atoms with Gasteiger partial charge in [-0.05, 0) is 26.2 Å². The fraction of sp³-hybridized carbons (Fsp3) is 0.467. The van der Waals surface area contributed by atoms with Gasteiger partial charge in [0, 0.05) is 31.1 Å². The Kier molecular flexibility index (Phi) is 4.44. The highest BCUT2D eigenvalue weighted by Crippen LogP contribution is 2.32. The third-order valence-corrected chi connectivity index (χ3v) is 4.53. The first-order chi connectivity index (χ1) is 10.7. The summed E-state index contributed by atoms with van der Waals surface area (Å²) < 4.78 is 5.84. The quantitative estimate of drug-likeness (QED) is 0.936. The first-order valence-electron chi connectivity index (χ1n) is 7.29. The van der Waals surface area contributed by atoms with E-state index in [9.17, 15) is 4.79 Å². The van der Waals surface area contributed by atoms with E-state index in [-0.39, 0.29) is 11.5 Å². The van der Waals surface area contributed by atoms with E-state index >= 15 is 0 Å². The largest absolute Gasteiger partial charge is 0.367 e. The molecule has 1 aliphatic rings. The summed E-state index contributed by atoms with van der Waals surface area (Å²) in [6, 6.07) is 0. The van der Waals surface area contributed by atoms with Gasteiger partial charge in [0.05, 0.1) is 11.7 Å². The van der Waals surface area contributed by atoms with Crippen LogP contribution >= 0.6 is 11.3 Å². The monoisotopic (exact) mass is 318 g/mol. The van der Waals surface area contributed by atoms with E-state index in [2.05, 4.69) is 20.3 Å². The summed E-state index contributed by atoms with van der Waals surface area (Å²) in [6.07, 6.45) is 8.22. The molecule has 1 fully saturated rings. The van der Waals surface area contributed by atoms with Gasteiger partial charge in [-0.1, -0.05) is 0 Å². The van der Waals surface area contributed by atoms with Crippen LogP contribution in [0, 0.1) is 0 Å². The van der Waals surface area contributed by atoms with Crippen LogP contribution < -0.4 is 5.32 Å². The molecule has 1 aliphatic heterocycles. The Bertz CT molecular complexity index is 622. The topological polar surface area (TPSA) is 77.0 Å². The number of rotatable bonds is 4. The van der Waals surface area contributed by atoms with Crippen LogP contribution in [0.25, 0.3) is 0 Å². The minimum Gasteiger partial charge on any atom is -0.367 e. The molecule has 0 bridgehead atoms. The zero-order valence-electron chi connectivity index (χ0n) is 12.4. The van der Waals surface area contributed by atoms with E-state index in [1.54, 1.807) is 24.1 Å². The lowest BCUT2D eigenvalue weighted by Gasteiger charge is -2.32. The molecule has 1 N–H and O–H groups in total. The number of hydrogen-bond donors (Lipinski definition) is 1. The fourth-order valence-electron chi connectivity index (χ4n) is 2.43. The van der Waals surface area contributed by atoms with Crippen LogP contribution in [0.4, 0.5) is 0 Å². The number of carbonyl (C=O) groups is 1. The van der Waals surface area contributed by atoms with Crippen molar-refractivity contribution in [3.05, 3.63) is 40.4 Å². The summed E-state index contributed by atoms with van der Waals surface area (Å²) in [7, 11) is 0. The zero-order valence-corrected chi connectivity index (χ0v) is 13.2. The van der Waals surface area contributed by atoms with Gasteiger partial charge in [0.2, 0.25) is 0 Å². The van der Waals surface area contributed by atoms with Crippen molar-refractivity contribution in [3.8, 4) is 0 Å². The molecular formula is C15H18N4O2S. The lowest BCUT2D eigenvalue weighted by molar-refractivity contribution is -0.0760. The molecule has 6 nitrogen and oxygen atoms in total. The van der Waals surface area contributed by atoms with Crippen molar-refractivity contribution in [1.29, 1.82) is 0 Å². The summed E-state index contributed by atoms with van der Waals surface area (Å²) in [5, 5.41) is 2.83. The molecule has 2 aromatic heterocycles. The van der Waals surface area contributed by atoms with Gasteiger partial charge >= 0.3 is 0 Å². The molecule has 2 aromatic rings. The lowest BCUT2D eigenvalue weighted by Crippen LogP contribution is -2.32. The number of aromatic nitrogens is 3. The summed E-state index contributed by atoms with van der Waals surface area (Å²) in [6.45, 7) is 3.19. The van der Waals surface area contributed by atoms with E-state index < -0.39 is 0 Å². The maximum Gasteiger partial charge on any atom is 0.263 e. The normalized spacial score (nSPS) is 21.5. The van der Waals surface area contributed by atoms with E-state index in [0.717, 1.165) is 31.4 Å². The molecule has 22 heavy (non-hydrogen) atoms. The second-order valence-corrected chi connectivity index (χ2v) is 6.39. The molecule has 0 aliphatic carbocycles. The van der Waals surface area contributed by atoms with Gasteiger partial charge in [-0.25, -0.2) is 9.97 Å². The lowest BCUT2D eigenvalue weighted by atomic mass is 9.95. The van der Waals surface area contributed by atoms with Crippen LogP contribution in [0.15, 0.2) is 24.1 Å². The number of nitrogens with zero attached hydrogens (tertiary/aromatic N) is 3. The molecular weight excluding hydrogens is 300 g/mol. The van der Waals surface area contributed by atoms with Gasteiger partial charge < -0.3 is 10.1 Å². The summed E-state index contributed by atoms with van der Waals surface area (Å²) in [5.41, 5.74) is 2.11. The van der Waals surface area contributed by atoms with Crippen molar-refractivity contribution in [2.75, 3.05) is 6.61 Å². The maximum absolute atomic E-state index is 11.8. The van der Waals surface area contributed by atoms with Crippen molar-refractivity contribution < 1.29 is 9.53 Å². The minimum absolute atomic E-state index is 0.130. The third kappa shape index (κ3) is 3.31. The Morgan fingerprint density at radius 3 is 2.82 bits per heavy atom. The average Bonchev–Trinajstić information content (AvgIpc) is 3.08. The predicted octanol–water partition coefficient (Wildman–Crippen LogP) is 2.28. The van der Waals surface area contributed by atoms with Crippen LogP contribution in [0.3, 0.4) is 0 Å². The number of hydrogen-bond acceptors (Lipinski definition) is 6. The minimum atomic E-state index is -0.386. The first-order valence-corrected chi connectivity index (χ1v) is 8.17. The van der Waals surface area contributed by atoms with Crippen LogP contribution in [-0.2, 0) is 16.9 Å². The van der Waals surface area contributed by atoms with Crippen LogP contribution in [0.1, 0.15) is 47.2 Å². The number of ether oxygens (including phenoxy) is 1. The Morgan fingerprint density at radius 1 is 1.36 bits per heavy atom. The molecule has 0 radical (unpaired) electrons. The van der Waals surface area contributed by atoms with Crippen molar-refractivity contribution in [2.24, 2.45) is 0 Å². The third-order valence-electron chi connectivity index (χ3n) is 3.76. The van der Waals surface area contributed by atoms with Crippen molar-refractivity contribution >= 4 is 17.2 Å². The van der Waals surface area contributed by atoms with E-state index in [4.69, 9.17) is 4.74 Å². The van der Waals surface area contributed by atoms with Gasteiger partial charge in [-0.15, -0.1) is 11.3 Å². The van der Waals surface area contributed by atoms with Crippen LogP contribution in [0.5, 0.6) is 0 Å². The highest BCUT2D eigenvalue weighted by molar-refractivity contribution is 7.11. The maximum atomic E-state index is 11.8. The number of thiazole rings is 1. The van der Waals surface area contributed by atoms with E-state index in [0.29, 0.717) is 17.2 Å². The predicted molar refractivity (Wildman–Crippen MR) is 82.5 cm³/mol. The van der Waals surface area contributed by atoms with Crippen molar-refractivity contribution in [2.45, 2.75) is 38.3 Å². The molecule has 0 saturated carbocycles. The molecule has 1 unspecified atom stereocenters. The number of nitrogens with one attached hydrogen (secondary N) is 1. The molecule has 0 spiro atoms. The molecule has 1 atom stereocenters. The van der Waals surface area contributed by atoms with Gasteiger partial charge in [-0.2, -0.15) is 0 Å². The number of carbonyl (C=O) groups excluding carboxylic acids is 1. The SMILES string of the molecule is CC1(c2ncc(CNC(=O)c3cncs3)cn2)CCCCO1. The zero-order chi connectivity index (χ0) is 15.4. The van der Waals surface area contributed by atoms with Gasteiger partial charge in [0.1, 0.15) is 10.5 Å². The molecule has 116 valence electrons. The first kappa shape index (κ1) is 15.1. The smallest absolute Gasteiger partial charge is 0.263 e. The van der Waals surface area contributed by atoms with E-state index in [1.165, 1.54) is 11.3 Å². The number of amides is 1. The van der Waals surface area contributed by atoms with E-state index in [1.807, 2.05) is 6.92 Å². The van der Waals surface area contributed by atoms with Gasteiger partial charge in [-0.3, -0.25) is 9.78 Å². The van der Waals surface area contributed by atoms with Crippen molar-refractivity contribution in [3.63, 3.8) is 0 Å². The Labute approximate surface area is 133 Å². The Morgan fingerprint density at radius 2 is 2.18 bits per heavy atom. The van der Waals surface area contributed by atoms with Crippen LogP contribution in [-0.4, -0.2) is 27.5 Å². The Hall–Kier alpha value is -1.86. The van der Waals surface area contributed by atoms with Crippen LogP contribution in [0.2, 0.25) is 0 Å². The average molecular weight is 318 g/mol. The molecule has 3 heterocycles. The highest BCUT2D eigenvalue weighted by atomic mass is 32.1. The Balaban J connectivity index is 1.61. The summed E-state index contributed by atoms with van der Waals surface area (Å²) in [4.78, 5) is 25.2.